The van der Waals surface area contributed by atoms with Gasteiger partial charge in [-0.25, -0.2) is 4.68 Å². The number of rotatable bonds is 5. The number of hydrogen-bond donors (Lipinski definition) is 0. The summed E-state index contributed by atoms with van der Waals surface area (Å²) in [5, 5.41) is 4.78. The van der Waals surface area contributed by atoms with Crippen LogP contribution in [0.25, 0.3) is 5.69 Å². The third kappa shape index (κ3) is 4.11. The average Bonchev–Trinajstić information content (AvgIpc) is 2.91. The van der Waals surface area contributed by atoms with Crippen LogP contribution >= 0.6 is 0 Å². The van der Waals surface area contributed by atoms with Crippen molar-refractivity contribution >= 4 is 0 Å². The molecule has 150 valence electrons. The Morgan fingerprint density at radius 1 is 0.966 bits per heavy atom. The fourth-order valence-corrected chi connectivity index (χ4v) is 4.93. The minimum Gasteiger partial charge on any atom is -0.297 e. The first-order chi connectivity index (χ1) is 14.2. The van der Waals surface area contributed by atoms with Crippen molar-refractivity contribution in [1.29, 1.82) is 0 Å². The molecule has 0 amide bonds. The standard InChI is InChI=1S/C24H29N5/c1-19-22(17-29(26-19)23-7-3-2-4-8-23)16-28-15-21-9-10-24(28)18-27(14-21)13-20-6-5-11-25-12-20/h2-8,11-12,17,21,24H,9-10,13-16,18H2,1H3/t21-,24+/m0/s1. The molecule has 0 N–H and O–H groups in total. The Kier molecular flexibility index (Phi) is 5.17. The largest absolute Gasteiger partial charge is 0.297 e. The topological polar surface area (TPSA) is 37.2 Å². The lowest BCUT2D eigenvalue weighted by Crippen LogP contribution is -2.43. The second kappa shape index (κ2) is 8.09. The van der Waals surface area contributed by atoms with E-state index >= 15 is 0 Å². The van der Waals surface area contributed by atoms with Gasteiger partial charge in [0.1, 0.15) is 0 Å². The number of para-hydroxylation sites is 1. The summed E-state index contributed by atoms with van der Waals surface area (Å²) in [4.78, 5) is 9.63. The van der Waals surface area contributed by atoms with Gasteiger partial charge in [-0.1, -0.05) is 24.3 Å². The molecule has 2 bridgehead atoms. The molecule has 3 fully saturated rings. The van der Waals surface area contributed by atoms with E-state index in [9.17, 15) is 0 Å². The highest BCUT2D eigenvalue weighted by atomic mass is 15.3. The maximum absolute atomic E-state index is 4.78. The molecule has 3 aliphatic heterocycles. The smallest absolute Gasteiger partial charge is 0.0645 e. The number of hydrogen-bond acceptors (Lipinski definition) is 4. The van der Waals surface area contributed by atoms with Gasteiger partial charge >= 0.3 is 0 Å². The number of aromatic nitrogens is 3. The monoisotopic (exact) mass is 387 g/mol. The third-order valence-corrected chi connectivity index (χ3v) is 6.43. The van der Waals surface area contributed by atoms with E-state index in [2.05, 4.69) is 58.2 Å². The molecule has 1 aromatic carbocycles. The highest BCUT2D eigenvalue weighted by Crippen LogP contribution is 2.30. The highest BCUT2D eigenvalue weighted by Gasteiger charge is 2.35. The van der Waals surface area contributed by atoms with Crippen LogP contribution < -0.4 is 0 Å². The summed E-state index contributed by atoms with van der Waals surface area (Å²) in [7, 11) is 0. The predicted octanol–water partition coefficient (Wildman–Crippen LogP) is 3.67. The van der Waals surface area contributed by atoms with Crippen LogP contribution in [0.2, 0.25) is 0 Å². The van der Waals surface area contributed by atoms with Crippen molar-refractivity contribution in [2.45, 2.75) is 38.9 Å². The Labute approximate surface area is 173 Å². The number of aryl methyl sites for hydroxylation is 1. The van der Waals surface area contributed by atoms with Gasteiger partial charge in [0.05, 0.1) is 11.4 Å². The lowest BCUT2D eigenvalue weighted by atomic mass is 9.94. The van der Waals surface area contributed by atoms with Gasteiger partial charge in [-0.15, -0.1) is 0 Å². The molecule has 3 aliphatic rings. The molecule has 2 atom stereocenters. The van der Waals surface area contributed by atoms with Crippen LogP contribution in [0.4, 0.5) is 0 Å². The lowest BCUT2D eigenvalue weighted by Gasteiger charge is -2.36. The first kappa shape index (κ1) is 18.5. The summed E-state index contributed by atoms with van der Waals surface area (Å²) < 4.78 is 2.02. The van der Waals surface area contributed by atoms with Gasteiger partial charge in [-0.2, -0.15) is 5.10 Å². The summed E-state index contributed by atoms with van der Waals surface area (Å²) in [5.74, 6) is 0.759. The van der Waals surface area contributed by atoms with Crippen LogP contribution in [0.3, 0.4) is 0 Å². The molecular formula is C24H29N5. The number of fused-ring (bicyclic) bond motifs is 4. The molecule has 6 rings (SSSR count). The number of benzene rings is 1. The Morgan fingerprint density at radius 3 is 2.69 bits per heavy atom. The molecule has 5 heterocycles. The summed E-state index contributed by atoms with van der Waals surface area (Å²) >= 11 is 0. The van der Waals surface area contributed by atoms with Crippen LogP contribution in [0.1, 0.15) is 29.7 Å². The molecule has 0 unspecified atom stereocenters. The van der Waals surface area contributed by atoms with Crippen LogP contribution in [-0.2, 0) is 13.1 Å². The van der Waals surface area contributed by atoms with E-state index in [4.69, 9.17) is 5.10 Å². The molecular weight excluding hydrogens is 358 g/mol. The van der Waals surface area contributed by atoms with E-state index in [-0.39, 0.29) is 0 Å². The molecule has 3 saturated heterocycles. The summed E-state index contributed by atoms with van der Waals surface area (Å²) in [5.41, 5.74) is 4.93. The molecule has 2 aromatic heterocycles. The zero-order valence-electron chi connectivity index (χ0n) is 17.1. The third-order valence-electron chi connectivity index (χ3n) is 6.43. The van der Waals surface area contributed by atoms with Crippen molar-refractivity contribution in [3.8, 4) is 5.69 Å². The molecule has 29 heavy (non-hydrogen) atoms. The molecule has 0 spiro atoms. The molecule has 5 nitrogen and oxygen atoms in total. The van der Waals surface area contributed by atoms with Crippen LogP contribution in [0.15, 0.2) is 61.1 Å². The number of nitrogens with zero attached hydrogens (tertiary/aromatic N) is 5. The van der Waals surface area contributed by atoms with Crippen molar-refractivity contribution < 1.29 is 0 Å². The summed E-state index contributed by atoms with van der Waals surface area (Å²) in [6, 6.07) is 15.3. The van der Waals surface area contributed by atoms with Crippen LogP contribution in [-0.4, -0.2) is 50.2 Å². The van der Waals surface area contributed by atoms with Crippen LogP contribution in [0.5, 0.6) is 0 Å². The zero-order valence-corrected chi connectivity index (χ0v) is 17.1. The second-order valence-electron chi connectivity index (χ2n) is 8.60. The minimum absolute atomic E-state index is 0.630. The van der Waals surface area contributed by atoms with Gasteiger partial charge in [-0.3, -0.25) is 14.8 Å². The summed E-state index contributed by atoms with van der Waals surface area (Å²) in [6.07, 6.45) is 8.74. The Bertz CT molecular complexity index is 936. The molecule has 0 radical (unpaired) electrons. The average molecular weight is 388 g/mol. The van der Waals surface area contributed by atoms with Crippen molar-refractivity contribution in [3.63, 3.8) is 0 Å². The lowest BCUT2D eigenvalue weighted by molar-refractivity contribution is 0.123. The number of piperidine rings is 1. The van der Waals surface area contributed by atoms with Gasteiger partial charge in [0, 0.05) is 62.9 Å². The van der Waals surface area contributed by atoms with Gasteiger partial charge in [0.25, 0.3) is 0 Å². The van der Waals surface area contributed by atoms with Gasteiger partial charge in [0.15, 0.2) is 0 Å². The van der Waals surface area contributed by atoms with E-state index in [0.29, 0.717) is 6.04 Å². The Hall–Kier alpha value is -2.50. The fraction of sp³-hybridized carbons (Fsp3) is 0.417. The van der Waals surface area contributed by atoms with Crippen molar-refractivity contribution in [2.75, 3.05) is 19.6 Å². The van der Waals surface area contributed by atoms with E-state index in [1.54, 1.807) is 0 Å². The van der Waals surface area contributed by atoms with E-state index < -0.39 is 0 Å². The Morgan fingerprint density at radius 2 is 1.86 bits per heavy atom. The minimum atomic E-state index is 0.630. The molecule has 0 aliphatic carbocycles. The van der Waals surface area contributed by atoms with Crippen molar-refractivity contribution in [2.24, 2.45) is 5.92 Å². The van der Waals surface area contributed by atoms with Gasteiger partial charge in [-0.05, 0) is 49.4 Å². The second-order valence-corrected chi connectivity index (χ2v) is 8.60. The zero-order chi connectivity index (χ0) is 19.6. The van der Waals surface area contributed by atoms with Crippen molar-refractivity contribution in [1.82, 2.24) is 24.6 Å². The predicted molar refractivity (Wildman–Crippen MR) is 115 cm³/mol. The maximum atomic E-state index is 4.78. The van der Waals surface area contributed by atoms with E-state index in [1.165, 1.54) is 37.1 Å². The highest BCUT2D eigenvalue weighted by molar-refractivity contribution is 5.32. The fourth-order valence-electron chi connectivity index (χ4n) is 4.93. The normalized spacial score (nSPS) is 22.7. The molecule has 5 heteroatoms. The maximum Gasteiger partial charge on any atom is 0.0645 e. The van der Waals surface area contributed by atoms with Crippen molar-refractivity contribution in [3.05, 3.63) is 77.9 Å². The quantitative estimate of drug-likeness (QED) is 0.669. The SMILES string of the molecule is Cc1nn(-c2ccccc2)cc1CN1C[C@H]2CC[C@@H]1CN(Cc1cccnc1)C2. The van der Waals surface area contributed by atoms with E-state index in [1.807, 2.05) is 29.2 Å². The van der Waals surface area contributed by atoms with Gasteiger partial charge < -0.3 is 0 Å². The van der Waals surface area contributed by atoms with Gasteiger partial charge in [0.2, 0.25) is 0 Å². The van der Waals surface area contributed by atoms with E-state index in [0.717, 1.165) is 36.9 Å². The molecule has 3 aromatic rings. The summed E-state index contributed by atoms with van der Waals surface area (Å²) in [6.45, 7) is 7.70. The number of pyridine rings is 1. The first-order valence-corrected chi connectivity index (χ1v) is 10.7. The van der Waals surface area contributed by atoms with Crippen LogP contribution in [0, 0.1) is 12.8 Å². The first-order valence-electron chi connectivity index (χ1n) is 10.7. The molecule has 0 saturated carbocycles. The Balaban J connectivity index is 1.30.